The minimum atomic E-state index is 0.420. The van der Waals surface area contributed by atoms with E-state index in [1.165, 1.54) is 5.56 Å². The molecule has 0 saturated carbocycles. The highest BCUT2D eigenvalue weighted by Gasteiger charge is 2.00. The molecular weight excluding hydrogens is 263 g/mol. The first-order valence-electron chi connectivity index (χ1n) is 4.60. The van der Waals surface area contributed by atoms with Crippen molar-refractivity contribution in [2.45, 2.75) is 13.5 Å². The maximum absolute atomic E-state index is 5.67. The van der Waals surface area contributed by atoms with Gasteiger partial charge < -0.3 is 4.74 Å². The van der Waals surface area contributed by atoms with Gasteiger partial charge in [0.25, 0.3) is 0 Å². The molecule has 0 heterocycles. The smallest absolute Gasteiger partial charge is 0.0717 e. The minimum Gasteiger partial charge on any atom is -0.376 e. The average Bonchev–Trinajstić information content (AvgIpc) is 2.17. The highest BCUT2D eigenvalue weighted by atomic mass is 79.9. The standard InChI is InChI=1S/C11H14BrClO/c1-9(6-13)7-14-8-10-3-2-4-11(12)5-10/h2-5,9H,6-8H2,1H3. The lowest BCUT2D eigenvalue weighted by atomic mass is 10.2. The molecule has 0 spiro atoms. The first kappa shape index (κ1) is 12.0. The molecule has 0 radical (unpaired) electrons. The van der Waals surface area contributed by atoms with E-state index in [9.17, 15) is 0 Å². The maximum Gasteiger partial charge on any atom is 0.0717 e. The zero-order chi connectivity index (χ0) is 10.4. The number of ether oxygens (including phenoxy) is 1. The van der Waals surface area contributed by atoms with Crippen LogP contribution in [0.1, 0.15) is 12.5 Å². The second kappa shape index (κ2) is 6.44. The Morgan fingerprint density at radius 2 is 2.29 bits per heavy atom. The summed E-state index contributed by atoms with van der Waals surface area (Å²) in [6, 6.07) is 8.13. The van der Waals surface area contributed by atoms with Crippen LogP contribution in [0.5, 0.6) is 0 Å². The Kier molecular flexibility index (Phi) is 5.53. The van der Waals surface area contributed by atoms with Crippen molar-refractivity contribution >= 4 is 27.5 Å². The number of rotatable bonds is 5. The third-order valence-corrected chi connectivity index (χ3v) is 2.84. The summed E-state index contributed by atoms with van der Waals surface area (Å²) in [5.74, 6) is 1.07. The van der Waals surface area contributed by atoms with Crippen molar-refractivity contribution in [1.82, 2.24) is 0 Å². The van der Waals surface area contributed by atoms with E-state index in [1.807, 2.05) is 12.1 Å². The van der Waals surface area contributed by atoms with Gasteiger partial charge in [0.2, 0.25) is 0 Å². The maximum atomic E-state index is 5.67. The van der Waals surface area contributed by atoms with Gasteiger partial charge in [-0.25, -0.2) is 0 Å². The van der Waals surface area contributed by atoms with Gasteiger partial charge in [-0.1, -0.05) is 35.0 Å². The van der Waals surface area contributed by atoms with Crippen molar-refractivity contribution in [3.05, 3.63) is 34.3 Å². The number of hydrogen-bond donors (Lipinski definition) is 0. The van der Waals surface area contributed by atoms with Gasteiger partial charge in [-0.3, -0.25) is 0 Å². The fourth-order valence-electron chi connectivity index (χ4n) is 1.05. The van der Waals surface area contributed by atoms with Crippen LogP contribution in [0, 0.1) is 5.92 Å². The molecule has 0 aromatic heterocycles. The van der Waals surface area contributed by atoms with Gasteiger partial charge in [0.15, 0.2) is 0 Å². The zero-order valence-electron chi connectivity index (χ0n) is 8.17. The lowest BCUT2D eigenvalue weighted by molar-refractivity contribution is 0.0979. The highest BCUT2D eigenvalue weighted by molar-refractivity contribution is 9.10. The quantitative estimate of drug-likeness (QED) is 0.743. The molecule has 1 atom stereocenters. The largest absolute Gasteiger partial charge is 0.376 e. The summed E-state index contributed by atoms with van der Waals surface area (Å²) in [5, 5.41) is 0. The average molecular weight is 278 g/mol. The number of alkyl halides is 1. The van der Waals surface area contributed by atoms with Crippen molar-refractivity contribution in [2.24, 2.45) is 5.92 Å². The molecule has 0 fully saturated rings. The van der Waals surface area contributed by atoms with Gasteiger partial charge in [0, 0.05) is 10.4 Å². The van der Waals surface area contributed by atoms with Crippen molar-refractivity contribution in [2.75, 3.05) is 12.5 Å². The van der Waals surface area contributed by atoms with Crippen LogP contribution in [0.4, 0.5) is 0 Å². The molecule has 1 unspecified atom stereocenters. The number of benzene rings is 1. The van der Waals surface area contributed by atoms with E-state index in [2.05, 4.69) is 35.0 Å². The third kappa shape index (κ3) is 4.45. The molecule has 3 heteroatoms. The monoisotopic (exact) mass is 276 g/mol. The Balaban J connectivity index is 2.31. The molecule has 1 nitrogen and oxygen atoms in total. The van der Waals surface area contributed by atoms with Crippen LogP contribution in [-0.2, 0) is 11.3 Å². The summed E-state index contributed by atoms with van der Waals surface area (Å²) in [6.45, 7) is 3.45. The number of halogens is 2. The fourth-order valence-corrected chi connectivity index (χ4v) is 1.58. The molecule has 1 aromatic rings. The van der Waals surface area contributed by atoms with Gasteiger partial charge in [-0.05, 0) is 23.6 Å². The molecular formula is C11H14BrClO. The summed E-state index contributed by atoms with van der Waals surface area (Å²) in [5.41, 5.74) is 1.18. The zero-order valence-corrected chi connectivity index (χ0v) is 10.5. The summed E-state index contributed by atoms with van der Waals surface area (Å²) in [4.78, 5) is 0. The summed E-state index contributed by atoms with van der Waals surface area (Å²) in [7, 11) is 0. The second-order valence-electron chi connectivity index (χ2n) is 3.40. The van der Waals surface area contributed by atoms with Gasteiger partial charge in [-0.15, -0.1) is 11.6 Å². The first-order valence-corrected chi connectivity index (χ1v) is 5.93. The molecule has 14 heavy (non-hydrogen) atoms. The van der Waals surface area contributed by atoms with Crippen LogP contribution in [0.3, 0.4) is 0 Å². The summed E-state index contributed by atoms with van der Waals surface area (Å²) >= 11 is 9.09. The van der Waals surface area contributed by atoms with Crippen molar-refractivity contribution in [3.63, 3.8) is 0 Å². The van der Waals surface area contributed by atoms with Crippen LogP contribution in [-0.4, -0.2) is 12.5 Å². The predicted octanol–water partition coefficient (Wildman–Crippen LogP) is 3.84. The van der Waals surface area contributed by atoms with Gasteiger partial charge >= 0.3 is 0 Å². The summed E-state index contributed by atoms with van der Waals surface area (Å²) in [6.07, 6.45) is 0. The van der Waals surface area contributed by atoms with E-state index in [4.69, 9.17) is 16.3 Å². The van der Waals surface area contributed by atoms with E-state index in [-0.39, 0.29) is 0 Å². The van der Waals surface area contributed by atoms with Gasteiger partial charge in [-0.2, -0.15) is 0 Å². The fraction of sp³-hybridized carbons (Fsp3) is 0.455. The molecule has 0 aliphatic carbocycles. The Hall–Kier alpha value is -0.0500. The van der Waals surface area contributed by atoms with Crippen LogP contribution in [0.2, 0.25) is 0 Å². The van der Waals surface area contributed by atoms with Crippen molar-refractivity contribution < 1.29 is 4.74 Å². The number of hydrogen-bond acceptors (Lipinski definition) is 1. The molecule has 1 aromatic carbocycles. The van der Waals surface area contributed by atoms with Crippen LogP contribution in [0.25, 0.3) is 0 Å². The minimum absolute atomic E-state index is 0.420. The lowest BCUT2D eigenvalue weighted by Crippen LogP contribution is -2.06. The van der Waals surface area contributed by atoms with E-state index >= 15 is 0 Å². The van der Waals surface area contributed by atoms with Crippen LogP contribution >= 0.6 is 27.5 Å². The lowest BCUT2D eigenvalue weighted by Gasteiger charge is -2.08. The Morgan fingerprint density at radius 1 is 1.50 bits per heavy atom. The predicted molar refractivity (Wildman–Crippen MR) is 63.7 cm³/mol. The van der Waals surface area contributed by atoms with E-state index < -0.39 is 0 Å². The molecule has 1 rings (SSSR count). The van der Waals surface area contributed by atoms with E-state index in [1.54, 1.807) is 0 Å². The Bertz CT molecular complexity index is 278. The SMILES string of the molecule is CC(CCl)COCc1cccc(Br)c1. The molecule has 0 saturated heterocycles. The molecule has 0 aliphatic heterocycles. The molecule has 78 valence electrons. The van der Waals surface area contributed by atoms with E-state index in [0.29, 0.717) is 18.4 Å². The van der Waals surface area contributed by atoms with Crippen LogP contribution in [0.15, 0.2) is 28.7 Å². The molecule has 0 N–H and O–H groups in total. The third-order valence-electron chi connectivity index (χ3n) is 1.82. The Labute approximate surface area is 98.5 Å². The van der Waals surface area contributed by atoms with Crippen molar-refractivity contribution in [3.8, 4) is 0 Å². The molecule has 0 aliphatic rings. The molecule has 0 bridgehead atoms. The second-order valence-corrected chi connectivity index (χ2v) is 4.63. The Morgan fingerprint density at radius 3 is 2.93 bits per heavy atom. The summed E-state index contributed by atoms with van der Waals surface area (Å²) < 4.78 is 6.61. The van der Waals surface area contributed by atoms with E-state index in [0.717, 1.165) is 11.1 Å². The highest BCUT2D eigenvalue weighted by Crippen LogP contribution is 2.12. The van der Waals surface area contributed by atoms with Crippen molar-refractivity contribution in [1.29, 1.82) is 0 Å². The van der Waals surface area contributed by atoms with Crippen LogP contribution < -0.4 is 0 Å². The normalized spacial score (nSPS) is 12.8. The van der Waals surface area contributed by atoms with Gasteiger partial charge in [0.1, 0.15) is 0 Å². The molecule has 0 amide bonds. The van der Waals surface area contributed by atoms with Gasteiger partial charge in [0.05, 0.1) is 13.2 Å². The topological polar surface area (TPSA) is 9.23 Å². The first-order chi connectivity index (χ1) is 6.72.